The van der Waals surface area contributed by atoms with Crippen molar-refractivity contribution in [3.8, 4) is 11.4 Å². The van der Waals surface area contributed by atoms with Crippen molar-refractivity contribution in [3.63, 3.8) is 0 Å². The highest BCUT2D eigenvalue weighted by atomic mass is 19.1. The Kier molecular flexibility index (Phi) is 7.01. The number of halogens is 1. The van der Waals surface area contributed by atoms with Crippen LogP contribution in [0.5, 0.6) is 5.75 Å². The van der Waals surface area contributed by atoms with Gasteiger partial charge in [-0.05, 0) is 56.7 Å². The molecular formula is C23H28FN3O2. The Morgan fingerprint density at radius 1 is 1.21 bits per heavy atom. The van der Waals surface area contributed by atoms with Gasteiger partial charge in [-0.2, -0.15) is 5.10 Å². The van der Waals surface area contributed by atoms with Crippen LogP contribution in [0.3, 0.4) is 0 Å². The topological polar surface area (TPSA) is 48.3 Å². The molecule has 5 nitrogen and oxygen atoms in total. The molecule has 0 aliphatic carbocycles. The molecule has 1 heterocycles. The summed E-state index contributed by atoms with van der Waals surface area (Å²) in [6, 6.07) is 12.7. The Bertz CT molecular complexity index is 955. The minimum absolute atomic E-state index is 0.0924. The van der Waals surface area contributed by atoms with Crippen LogP contribution in [-0.2, 0) is 17.9 Å². The molecule has 29 heavy (non-hydrogen) atoms. The van der Waals surface area contributed by atoms with E-state index in [0.29, 0.717) is 19.8 Å². The quantitative estimate of drug-likeness (QED) is 0.568. The number of hydrogen-bond acceptors (Lipinski definition) is 4. The van der Waals surface area contributed by atoms with E-state index in [1.165, 1.54) is 12.1 Å². The highest BCUT2D eigenvalue weighted by molar-refractivity contribution is 5.38. The fourth-order valence-electron chi connectivity index (χ4n) is 3.36. The van der Waals surface area contributed by atoms with Gasteiger partial charge in [0.05, 0.1) is 25.6 Å². The number of nitrogens with zero attached hydrogens (tertiary/aromatic N) is 2. The third-order valence-corrected chi connectivity index (χ3v) is 4.99. The molecule has 3 aromatic rings. The second kappa shape index (κ2) is 9.67. The molecule has 0 saturated carbocycles. The van der Waals surface area contributed by atoms with Crippen LogP contribution in [0.15, 0.2) is 48.7 Å². The smallest absolute Gasteiger partial charge is 0.125 e. The van der Waals surface area contributed by atoms with Crippen molar-refractivity contribution < 1.29 is 13.9 Å². The standard InChI is InChI=1S/C23H28FN3O2/c1-5-29-15-19-11-18(9-10-23(19)28-4)13-25-16(2)22-14-26-27(17(22)3)21-8-6-7-20(24)12-21/h6-12,14,16,25H,5,13,15H2,1-4H3/t16-/m0/s1. The molecule has 0 bridgehead atoms. The molecule has 0 radical (unpaired) electrons. The van der Waals surface area contributed by atoms with E-state index in [1.807, 2.05) is 32.2 Å². The number of nitrogens with one attached hydrogen (secondary N) is 1. The van der Waals surface area contributed by atoms with Crippen LogP contribution in [0.1, 0.15) is 42.3 Å². The Labute approximate surface area is 171 Å². The number of rotatable bonds is 9. The van der Waals surface area contributed by atoms with Gasteiger partial charge in [0.2, 0.25) is 0 Å². The molecule has 0 spiro atoms. The number of hydrogen-bond donors (Lipinski definition) is 1. The zero-order valence-corrected chi connectivity index (χ0v) is 17.4. The normalized spacial score (nSPS) is 12.2. The fourth-order valence-corrected chi connectivity index (χ4v) is 3.36. The van der Waals surface area contributed by atoms with Crippen LogP contribution in [0, 0.1) is 12.7 Å². The first kappa shape index (κ1) is 21.0. The van der Waals surface area contributed by atoms with Crippen molar-refractivity contribution in [2.45, 2.75) is 40.0 Å². The van der Waals surface area contributed by atoms with Crippen LogP contribution in [-0.4, -0.2) is 23.5 Å². The van der Waals surface area contributed by atoms with E-state index < -0.39 is 0 Å². The molecule has 0 aliphatic rings. The van der Waals surface area contributed by atoms with E-state index in [0.717, 1.165) is 33.8 Å². The summed E-state index contributed by atoms with van der Waals surface area (Å²) in [4.78, 5) is 0. The van der Waals surface area contributed by atoms with Crippen LogP contribution in [0.25, 0.3) is 5.69 Å². The Morgan fingerprint density at radius 3 is 2.76 bits per heavy atom. The molecule has 1 atom stereocenters. The van der Waals surface area contributed by atoms with Crippen molar-refractivity contribution in [2.75, 3.05) is 13.7 Å². The fraction of sp³-hybridized carbons (Fsp3) is 0.348. The van der Waals surface area contributed by atoms with Crippen LogP contribution in [0.4, 0.5) is 4.39 Å². The van der Waals surface area contributed by atoms with Gasteiger partial charge in [0.15, 0.2) is 0 Å². The largest absolute Gasteiger partial charge is 0.496 e. The van der Waals surface area contributed by atoms with Gasteiger partial charge in [0.1, 0.15) is 11.6 Å². The average molecular weight is 397 g/mol. The molecule has 0 unspecified atom stereocenters. The van der Waals surface area contributed by atoms with Gasteiger partial charge in [-0.25, -0.2) is 9.07 Å². The summed E-state index contributed by atoms with van der Waals surface area (Å²) in [5.41, 5.74) is 4.98. The summed E-state index contributed by atoms with van der Waals surface area (Å²) in [5, 5.41) is 7.99. The van der Waals surface area contributed by atoms with Gasteiger partial charge in [-0.15, -0.1) is 0 Å². The zero-order chi connectivity index (χ0) is 20.8. The highest BCUT2D eigenvalue weighted by Gasteiger charge is 2.15. The average Bonchev–Trinajstić information content (AvgIpc) is 3.12. The van der Waals surface area contributed by atoms with E-state index in [9.17, 15) is 4.39 Å². The minimum Gasteiger partial charge on any atom is -0.496 e. The summed E-state index contributed by atoms with van der Waals surface area (Å²) >= 11 is 0. The third-order valence-electron chi connectivity index (χ3n) is 4.99. The number of benzene rings is 2. The van der Waals surface area contributed by atoms with Gasteiger partial charge in [0, 0.05) is 36.0 Å². The maximum atomic E-state index is 13.6. The molecular weight excluding hydrogens is 369 g/mol. The van der Waals surface area contributed by atoms with Crippen molar-refractivity contribution >= 4 is 0 Å². The molecule has 0 fully saturated rings. The summed E-state index contributed by atoms with van der Waals surface area (Å²) in [6.07, 6.45) is 1.84. The third kappa shape index (κ3) is 5.02. The molecule has 0 aliphatic heterocycles. The van der Waals surface area contributed by atoms with Gasteiger partial charge < -0.3 is 14.8 Å². The number of ether oxygens (including phenoxy) is 2. The van der Waals surface area contributed by atoms with Gasteiger partial charge in [-0.3, -0.25) is 0 Å². The van der Waals surface area contributed by atoms with Crippen LogP contribution >= 0.6 is 0 Å². The molecule has 154 valence electrons. The molecule has 6 heteroatoms. The van der Waals surface area contributed by atoms with E-state index in [1.54, 1.807) is 17.9 Å². The molecule has 3 rings (SSSR count). The lowest BCUT2D eigenvalue weighted by Gasteiger charge is -2.16. The molecule has 1 N–H and O–H groups in total. The molecule has 1 aromatic heterocycles. The first-order chi connectivity index (χ1) is 14.0. The van der Waals surface area contributed by atoms with E-state index >= 15 is 0 Å². The van der Waals surface area contributed by atoms with Gasteiger partial charge >= 0.3 is 0 Å². The zero-order valence-electron chi connectivity index (χ0n) is 17.4. The van der Waals surface area contributed by atoms with E-state index in [2.05, 4.69) is 29.5 Å². The minimum atomic E-state index is -0.271. The van der Waals surface area contributed by atoms with Crippen molar-refractivity contribution in [3.05, 3.63) is 76.9 Å². The summed E-state index contributed by atoms with van der Waals surface area (Å²) in [5.74, 6) is 0.565. The predicted octanol–water partition coefficient (Wildman–Crippen LogP) is 4.72. The Morgan fingerprint density at radius 2 is 2.03 bits per heavy atom. The molecule has 0 amide bonds. The summed E-state index contributed by atoms with van der Waals surface area (Å²) in [6.45, 7) is 7.98. The Hall–Kier alpha value is -2.70. The maximum absolute atomic E-state index is 13.6. The predicted molar refractivity (Wildman–Crippen MR) is 112 cm³/mol. The monoisotopic (exact) mass is 397 g/mol. The first-order valence-corrected chi connectivity index (χ1v) is 9.80. The lowest BCUT2D eigenvalue weighted by atomic mass is 10.1. The number of aromatic nitrogens is 2. The van der Waals surface area contributed by atoms with Crippen molar-refractivity contribution in [1.29, 1.82) is 0 Å². The van der Waals surface area contributed by atoms with Gasteiger partial charge in [-0.1, -0.05) is 12.1 Å². The summed E-state index contributed by atoms with van der Waals surface area (Å²) in [7, 11) is 1.67. The maximum Gasteiger partial charge on any atom is 0.125 e. The van der Waals surface area contributed by atoms with Gasteiger partial charge in [0.25, 0.3) is 0 Å². The lowest BCUT2D eigenvalue weighted by molar-refractivity contribution is 0.132. The summed E-state index contributed by atoms with van der Waals surface area (Å²) < 4.78 is 26.3. The van der Waals surface area contributed by atoms with E-state index in [4.69, 9.17) is 9.47 Å². The van der Waals surface area contributed by atoms with Crippen LogP contribution < -0.4 is 10.1 Å². The first-order valence-electron chi connectivity index (χ1n) is 9.80. The second-order valence-corrected chi connectivity index (χ2v) is 6.96. The SMILES string of the molecule is CCOCc1cc(CN[C@@H](C)c2cnn(-c3cccc(F)c3)c2C)ccc1OC. The lowest BCUT2D eigenvalue weighted by Crippen LogP contribution is -2.19. The highest BCUT2D eigenvalue weighted by Crippen LogP contribution is 2.23. The molecule has 2 aromatic carbocycles. The van der Waals surface area contributed by atoms with E-state index in [-0.39, 0.29) is 11.9 Å². The second-order valence-electron chi connectivity index (χ2n) is 6.96. The molecule has 0 saturated heterocycles. The Balaban J connectivity index is 1.71. The number of methoxy groups -OCH3 is 1. The van der Waals surface area contributed by atoms with Crippen molar-refractivity contribution in [2.24, 2.45) is 0 Å². The van der Waals surface area contributed by atoms with Crippen molar-refractivity contribution in [1.82, 2.24) is 15.1 Å². The van der Waals surface area contributed by atoms with Crippen LogP contribution in [0.2, 0.25) is 0 Å².